The van der Waals surface area contributed by atoms with Gasteiger partial charge >= 0.3 is 0 Å². The molecule has 5 rings (SSSR count). The van der Waals surface area contributed by atoms with Gasteiger partial charge in [0.15, 0.2) is 5.65 Å². The van der Waals surface area contributed by atoms with Crippen molar-refractivity contribution >= 4 is 38.7 Å². The van der Waals surface area contributed by atoms with E-state index in [2.05, 4.69) is 9.97 Å². The van der Waals surface area contributed by atoms with Crippen LogP contribution in [-0.2, 0) is 0 Å². The molecule has 0 amide bonds. The zero-order chi connectivity index (χ0) is 17.1. The van der Waals surface area contributed by atoms with Crippen molar-refractivity contribution in [3.8, 4) is 0 Å². The SMILES string of the molecule is Cc1ccc2oc3nc4nc5ccccn5c(=O)c4cc3c(=O)c2c1. The Morgan fingerprint density at radius 3 is 2.72 bits per heavy atom. The van der Waals surface area contributed by atoms with E-state index in [-0.39, 0.29) is 33.1 Å². The molecule has 25 heavy (non-hydrogen) atoms. The lowest BCUT2D eigenvalue weighted by Gasteiger charge is -2.05. The molecule has 0 aliphatic heterocycles. The zero-order valence-corrected chi connectivity index (χ0v) is 13.2. The molecule has 5 aromatic rings. The van der Waals surface area contributed by atoms with Gasteiger partial charge in [0.1, 0.15) is 11.2 Å². The molecule has 0 bridgehead atoms. The zero-order valence-electron chi connectivity index (χ0n) is 13.2. The quantitative estimate of drug-likeness (QED) is 0.408. The van der Waals surface area contributed by atoms with Gasteiger partial charge in [0, 0.05) is 6.20 Å². The van der Waals surface area contributed by atoms with Crippen LogP contribution in [0, 0.1) is 6.92 Å². The lowest BCUT2D eigenvalue weighted by Crippen LogP contribution is -2.16. The highest BCUT2D eigenvalue weighted by Crippen LogP contribution is 2.20. The number of hydrogen-bond acceptors (Lipinski definition) is 5. The van der Waals surface area contributed by atoms with Crippen molar-refractivity contribution in [3.63, 3.8) is 0 Å². The summed E-state index contributed by atoms with van der Waals surface area (Å²) in [5.74, 6) is 0. The van der Waals surface area contributed by atoms with Gasteiger partial charge in [0.25, 0.3) is 5.56 Å². The van der Waals surface area contributed by atoms with Crippen molar-refractivity contribution in [2.45, 2.75) is 6.92 Å². The fraction of sp³-hybridized carbons (Fsp3) is 0.0526. The normalized spacial score (nSPS) is 11.7. The molecule has 0 aliphatic carbocycles. The minimum atomic E-state index is -0.265. The molecule has 0 atom stereocenters. The average molecular weight is 329 g/mol. The van der Waals surface area contributed by atoms with Crippen LogP contribution < -0.4 is 11.0 Å². The molecule has 6 heteroatoms. The van der Waals surface area contributed by atoms with Gasteiger partial charge in [-0.05, 0) is 37.3 Å². The number of aryl methyl sites for hydroxylation is 1. The maximum atomic E-state index is 12.8. The number of nitrogens with zero attached hydrogens (tertiary/aromatic N) is 3. The van der Waals surface area contributed by atoms with Crippen LogP contribution in [-0.4, -0.2) is 14.4 Å². The largest absolute Gasteiger partial charge is 0.437 e. The average Bonchev–Trinajstić information content (AvgIpc) is 2.62. The molecule has 0 fully saturated rings. The van der Waals surface area contributed by atoms with Gasteiger partial charge in [-0.3, -0.25) is 14.0 Å². The molecule has 4 aromatic heterocycles. The van der Waals surface area contributed by atoms with E-state index in [1.54, 1.807) is 36.5 Å². The lowest BCUT2D eigenvalue weighted by atomic mass is 10.1. The molecule has 0 aliphatic rings. The summed E-state index contributed by atoms with van der Waals surface area (Å²) in [7, 11) is 0. The monoisotopic (exact) mass is 329 g/mol. The fourth-order valence-electron chi connectivity index (χ4n) is 3.07. The fourth-order valence-corrected chi connectivity index (χ4v) is 3.07. The van der Waals surface area contributed by atoms with Gasteiger partial charge in [0.05, 0.1) is 16.2 Å². The molecule has 0 N–H and O–H groups in total. The van der Waals surface area contributed by atoms with E-state index in [1.807, 2.05) is 13.0 Å². The van der Waals surface area contributed by atoms with Crippen LogP contribution in [0.1, 0.15) is 5.56 Å². The second kappa shape index (κ2) is 4.73. The predicted octanol–water partition coefficient (Wildman–Crippen LogP) is 2.81. The minimum absolute atomic E-state index is 0.182. The molecule has 0 unspecified atom stereocenters. The third-order valence-corrected chi connectivity index (χ3v) is 4.31. The van der Waals surface area contributed by atoms with E-state index < -0.39 is 0 Å². The first-order valence-electron chi connectivity index (χ1n) is 7.77. The van der Waals surface area contributed by atoms with Crippen LogP contribution in [0.4, 0.5) is 0 Å². The van der Waals surface area contributed by atoms with Gasteiger partial charge in [-0.15, -0.1) is 0 Å². The molecule has 0 saturated heterocycles. The van der Waals surface area contributed by atoms with Crippen molar-refractivity contribution in [2.75, 3.05) is 0 Å². The summed E-state index contributed by atoms with van der Waals surface area (Å²) in [6.07, 6.45) is 1.64. The van der Waals surface area contributed by atoms with Gasteiger partial charge in [-0.1, -0.05) is 17.7 Å². The van der Waals surface area contributed by atoms with Crippen molar-refractivity contribution in [1.29, 1.82) is 0 Å². The van der Waals surface area contributed by atoms with E-state index in [0.717, 1.165) is 5.56 Å². The van der Waals surface area contributed by atoms with E-state index >= 15 is 0 Å². The molecule has 120 valence electrons. The summed E-state index contributed by atoms with van der Waals surface area (Å²) in [6.45, 7) is 1.91. The second-order valence-corrected chi connectivity index (χ2v) is 5.99. The van der Waals surface area contributed by atoms with Gasteiger partial charge in [0.2, 0.25) is 11.1 Å². The highest BCUT2D eigenvalue weighted by atomic mass is 16.3. The topological polar surface area (TPSA) is 77.5 Å². The van der Waals surface area contributed by atoms with Crippen LogP contribution >= 0.6 is 0 Å². The van der Waals surface area contributed by atoms with E-state index in [0.29, 0.717) is 16.6 Å². The van der Waals surface area contributed by atoms with Crippen LogP contribution in [0.25, 0.3) is 38.7 Å². The van der Waals surface area contributed by atoms with Crippen LogP contribution in [0.2, 0.25) is 0 Å². The van der Waals surface area contributed by atoms with Gasteiger partial charge in [-0.2, -0.15) is 4.98 Å². The van der Waals surface area contributed by atoms with Crippen LogP contribution in [0.5, 0.6) is 0 Å². The predicted molar refractivity (Wildman–Crippen MR) is 95.0 cm³/mol. The Bertz CT molecular complexity index is 1450. The smallest absolute Gasteiger partial charge is 0.267 e. The molecule has 4 heterocycles. The Morgan fingerprint density at radius 1 is 0.960 bits per heavy atom. The third kappa shape index (κ3) is 1.91. The first-order valence-corrected chi connectivity index (χ1v) is 7.77. The summed E-state index contributed by atoms with van der Waals surface area (Å²) >= 11 is 0. The van der Waals surface area contributed by atoms with E-state index in [1.165, 1.54) is 10.5 Å². The highest BCUT2D eigenvalue weighted by Gasteiger charge is 2.14. The van der Waals surface area contributed by atoms with Crippen molar-refractivity contribution in [2.24, 2.45) is 0 Å². The Labute approximate surface area is 140 Å². The minimum Gasteiger partial charge on any atom is -0.437 e. The number of benzene rings is 1. The molecular weight excluding hydrogens is 318 g/mol. The first kappa shape index (κ1) is 13.9. The van der Waals surface area contributed by atoms with E-state index in [4.69, 9.17) is 4.42 Å². The molecular formula is C19H11N3O3. The Morgan fingerprint density at radius 2 is 1.84 bits per heavy atom. The second-order valence-electron chi connectivity index (χ2n) is 5.99. The number of fused-ring (bicyclic) bond motifs is 4. The Balaban J connectivity index is 2.02. The Kier molecular flexibility index (Phi) is 2.62. The number of aromatic nitrogens is 3. The summed E-state index contributed by atoms with van der Waals surface area (Å²) in [5.41, 5.74) is 1.89. The maximum absolute atomic E-state index is 12.8. The van der Waals surface area contributed by atoms with Crippen LogP contribution in [0.3, 0.4) is 0 Å². The number of rotatable bonds is 0. The third-order valence-electron chi connectivity index (χ3n) is 4.31. The molecule has 6 nitrogen and oxygen atoms in total. The number of pyridine rings is 2. The summed E-state index contributed by atoms with van der Waals surface area (Å²) in [4.78, 5) is 34.3. The van der Waals surface area contributed by atoms with Crippen molar-refractivity contribution < 1.29 is 4.42 Å². The molecule has 0 radical (unpaired) electrons. The molecule has 1 aromatic carbocycles. The highest BCUT2D eigenvalue weighted by molar-refractivity contribution is 5.94. The lowest BCUT2D eigenvalue weighted by molar-refractivity contribution is 0.646. The van der Waals surface area contributed by atoms with Crippen molar-refractivity contribution in [1.82, 2.24) is 14.4 Å². The standard InChI is InChI=1S/C19H11N3O3/c1-10-5-6-14-11(8-10)16(23)12-9-13-17(21-18(12)25-14)20-15-4-2-3-7-22(15)19(13)24/h2-9H,1H3. The maximum Gasteiger partial charge on any atom is 0.267 e. The summed E-state index contributed by atoms with van der Waals surface area (Å²) < 4.78 is 7.22. The summed E-state index contributed by atoms with van der Waals surface area (Å²) in [5, 5.41) is 1.04. The van der Waals surface area contributed by atoms with Crippen LogP contribution in [0.15, 0.2) is 62.7 Å². The van der Waals surface area contributed by atoms with Gasteiger partial charge < -0.3 is 4.42 Å². The Hall–Kier alpha value is -3.54. The summed E-state index contributed by atoms with van der Waals surface area (Å²) in [6, 6.07) is 12.2. The number of hydrogen-bond donors (Lipinski definition) is 0. The van der Waals surface area contributed by atoms with Crippen molar-refractivity contribution in [3.05, 3.63) is 74.8 Å². The van der Waals surface area contributed by atoms with Gasteiger partial charge in [-0.25, -0.2) is 4.98 Å². The first-order chi connectivity index (χ1) is 12.1. The van der Waals surface area contributed by atoms with E-state index in [9.17, 15) is 9.59 Å². The molecule has 0 spiro atoms. The molecule has 0 saturated carbocycles.